The van der Waals surface area contributed by atoms with Gasteiger partial charge < -0.3 is 14.2 Å². The summed E-state index contributed by atoms with van der Waals surface area (Å²) < 4.78 is 11.2. The third kappa shape index (κ3) is 4.76. The highest BCUT2D eigenvalue weighted by atomic mass is 16.5. The average molecular weight is 379 g/mol. The van der Waals surface area contributed by atoms with Gasteiger partial charge in [-0.2, -0.15) is 4.98 Å². The normalized spacial score (nSPS) is 12.0. The molecule has 0 aliphatic heterocycles. The van der Waals surface area contributed by atoms with Gasteiger partial charge in [-0.25, -0.2) is 0 Å². The molecule has 1 heterocycles. The van der Waals surface area contributed by atoms with Crippen LogP contribution < -0.4 is 4.74 Å². The Morgan fingerprint density at radius 3 is 2.54 bits per heavy atom. The smallest absolute Gasteiger partial charge is 0.264 e. The molecule has 6 heteroatoms. The number of carbonyl (C=O) groups excluding carboxylic acids is 1. The van der Waals surface area contributed by atoms with Gasteiger partial charge in [0.2, 0.25) is 11.7 Å². The summed E-state index contributed by atoms with van der Waals surface area (Å²) in [4.78, 5) is 19.1. The van der Waals surface area contributed by atoms with Crippen molar-refractivity contribution in [1.82, 2.24) is 15.0 Å². The Hall–Kier alpha value is -3.15. The molecule has 3 aromatic rings. The van der Waals surface area contributed by atoms with Crippen LogP contribution in [0.3, 0.4) is 0 Å². The molecule has 1 atom stereocenters. The SMILES string of the molecule is Cc1cccc(-c2noc(CN(C(=O)[C@H](C)Oc3ccccc3)C(C)C)n2)c1. The second kappa shape index (κ2) is 8.69. The van der Waals surface area contributed by atoms with Gasteiger partial charge in [0.05, 0.1) is 0 Å². The van der Waals surface area contributed by atoms with Crippen molar-refractivity contribution >= 4 is 5.91 Å². The van der Waals surface area contributed by atoms with Crippen molar-refractivity contribution in [3.63, 3.8) is 0 Å². The van der Waals surface area contributed by atoms with Crippen molar-refractivity contribution in [2.45, 2.75) is 46.4 Å². The third-order valence-electron chi connectivity index (χ3n) is 4.36. The lowest BCUT2D eigenvalue weighted by Gasteiger charge is -2.28. The van der Waals surface area contributed by atoms with Crippen LogP contribution in [0.1, 0.15) is 32.2 Å². The fraction of sp³-hybridized carbons (Fsp3) is 0.318. The zero-order chi connectivity index (χ0) is 20.1. The number of nitrogens with zero attached hydrogens (tertiary/aromatic N) is 3. The van der Waals surface area contributed by atoms with E-state index in [4.69, 9.17) is 9.26 Å². The van der Waals surface area contributed by atoms with Gasteiger partial charge in [-0.15, -0.1) is 0 Å². The summed E-state index contributed by atoms with van der Waals surface area (Å²) in [5.41, 5.74) is 2.01. The molecular formula is C22H25N3O3. The van der Waals surface area contributed by atoms with Crippen LogP contribution in [0.5, 0.6) is 5.75 Å². The number of amides is 1. The highest BCUT2D eigenvalue weighted by Gasteiger charge is 2.26. The summed E-state index contributed by atoms with van der Waals surface area (Å²) in [7, 11) is 0. The maximum absolute atomic E-state index is 12.9. The van der Waals surface area contributed by atoms with E-state index >= 15 is 0 Å². The predicted octanol–water partition coefficient (Wildman–Crippen LogP) is 4.25. The molecule has 0 aliphatic carbocycles. The molecule has 2 aromatic carbocycles. The number of hydrogen-bond acceptors (Lipinski definition) is 5. The number of aromatic nitrogens is 2. The van der Waals surface area contributed by atoms with Gasteiger partial charge in [0.1, 0.15) is 12.3 Å². The molecule has 0 spiro atoms. The molecule has 0 radical (unpaired) electrons. The maximum Gasteiger partial charge on any atom is 0.264 e. The Morgan fingerprint density at radius 1 is 1.11 bits per heavy atom. The quantitative estimate of drug-likeness (QED) is 0.614. The van der Waals surface area contributed by atoms with Gasteiger partial charge in [-0.05, 0) is 45.9 Å². The van der Waals surface area contributed by atoms with Crippen molar-refractivity contribution < 1.29 is 14.1 Å². The Balaban J connectivity index is 1.71. The predicted molar refractivity (Wildman–Crippen MR) is 107 cm³/mol. The minimum Gasteiger partial charge on any atom is -0.481 e. The molecule has 3 rings (SSSR count). The molecule has 0 N–H and O–H groups in total. The second-order valence-corrected chi connectivity index (χ2v) is 7.01. The van der Waals surface area contributed by atoms with E-state index in [1.807, 2.05) is 75.4 Å². The molecule has 0 fully saturated rings. The Labute approximate surface area is 165 Å². The van der Waals surface area contributed by atoms with Crippen LogP contribution in [-0.4, -0.2) is 33.1 Å². The van der Waals surface area contributed by atoms with Crippen molar-refractivity contribution in [2.75, 3.05) is 0 Å². The van der Waals surface area contributed by atoms with Crippen LogP contribution in [-0.2, 0) is 11.3 Å². The summed E-state index contributed by atoms with van der Waals surface area (Å²) in [5, 5.41) is 4.06. The molecule has 6 nitrogen and oxygen atoms in total. The Kier molecular flexibility index (Phi) is 6.09. The lowest BCUT2D eigenvalue weighted by Crippen LogP contribution is -2.43. The highest BCUT2D eigenvalue weighted by Crippen LogP contribution is 2.19. The van der Waals surface area contributed by atoms with Gasteiger partial charge in [0, 0.05) is 11.6 Å². The molecule has 0 saturated heterocycles. The third-order valence-corrected chi connectivity index (χ3v) is 4.36. The monoisotopic (exact) mass is 379 g/mol. The molecular weight excluding hydrogens is 354 g/mol. The number of ether oxygens (including phenoxy) is 1. The minimum atomic E-state index is -0.621. The number of para-hydroxylation sites is 1. The maximum atomic E-state index is 12.9. The summed E-state index contributed by atoms with van der Waals surface area (Å²) in [6.07, 6.45) is -0.621. The van der Waals surface area contributed by atoms with Crippen LogP contribution in [0, 0.1) is 6.92 Å². The summed E-state index contributed by atoms with van der Waals surface area (Å²) in [6, 6.07) is 17.2. The molecule has 28 heavy (non-hydrogen) atoms. The molecule has 0 unspecified atom stereocenters. The van der Waals surface area contributed by atoms with E-state index in [-0.39, 0.29) is 18.5 Å². The van der Waals surface area contributed by atoms with Crippen LogP contribution in [0.25, 0.3) is 11.4 Å². The van der Waals surface area contributed by atoms with Gasteiger partial charge >= 0.3 is 0 Å². The number of benzene rings is 2. The average Bonchev–Trinajstić information content (AvgIpc) is 3.15. The number of rotatable bonds is 7. The number of carbonyl (C=O) groups is 1. The van der Waals surface area contributed by atoms with E-state index in [9.17, 15) is 4.79 Å². The number of hydrogen-bond donors (Lipinski definition) is 0. The Morgan fingerprint density at radius 2 is 1.86 bits per heavy atom. The van der Waals surface area contributed by atoms with Crippen molar-refractivity contribution in [3.8, 4) is 17.1 Å². The largest absolute Gasteiger partial charge is 0.481 e. The zero-order valence-corrected chi connectivity index (χ0v) is 16.6. The molecule has 1 aromatic heterocycles. The highest BCUT2D eigenvalue weighted by molar-refractivity contribution is 5.81. The van der Waals surface area contributed by atoms with E-state index in [0.29, 0.717) is 17.5 Å². The summed E-state index contributed by atoms with van der Waals surface area (Å²) >= 11 is 0. The second-order valence-electron chi connectivity index (χ2n) is 7.01. The fourth-order valence-electron chi connectivity index (χ4n) is 2.87. The topological polar surface area (TPSA) is 68.5 Å². The summed E-state index contributed by atoms with van der Waals surface area (Å²) in [6.45, 7) is 7.89. The van der Waals surface area contributed by atoms with E-state index < -0.39 is 6.10 Å². The van der Waals surface area contributed by atoms with Crippen LogP contribution in [0.15, 0.2) is 59.1 Å². The van der Waals surface area contributed by atoms with Gasteiger partial charge in [-0.1, -0.05) is 47.1 Å². The minimum absolute atomic E-state index is 0.0383. The molecule has 1 amide bonds. The molecule has 0 bridgehead atoms. The first-order valence-electron chi connectivity index (χ1n) is 9.36. The lowest BCUT2D eigenvalue weighted by atomic mass is 10.1. The van der Waals surface area contributed by atoms with E-state index in [1.165, 1.54) is 0 Å². The van der Waals surface area contributed by atoms with Crippen LogP contribution >= 0.6 is 0 Å². The first-order valence-corrected chi connectivity index (χ1v) is 9.36. The van der Waals surface area contributed by atoms with Crippen LogP contribution in [0.4, 0.5) is 0 Å². The van der Waals surface area contributed by atoms with E-state index in [1.54, 1.807) is 11.8 Å². The van der Waals surface area contributed by atoms with Gasteiger partial charge in [0.15, 0.2) is 6.10 Å². The van der Waals surface area contributed by atoms with Gasteiger partial charge in [-0.3, -0.25) is 4.79 Å². The van der Waals surface area contributed by atoms with Crippen molar-refractivity contribution in [3.05, 3.63) is 66.1 Å². The van der Waals surface area contributed by atoms with E-state index in [2.05, 4.69) is 10.1 Å². The van der Waals surface area contributed by atoms with Crippen LogP contribution in [0.2, 0.25) is 0 Å². The summed E-state index contributed by atoms with van der Waals surface area (Å²) in [5.74, 6) is 1.44. The zero-order valence-electron chi connectivity index (χ0n) is 16.6. The standard InChI is InChI=1S/C22H25N3O3/c1-15(2)25(22(26)17(4)27-19-11-6-5-7-12-19)14-20-23-21(24-28-20)18-10-8-9-16(3)13-18/h5-13,15,17H,14H2,1-4H3/t17-/m0/s1. The first kappa shape index (κ1) is 19.6. The Bertz CT molecular complexity index is 922. The van der Waals surface area contributed by atoms with Gasteiger partial charge in [0.25, 0.3) is 5.91 Å². The molecule has 0 aliphatic rings. The van der Waals surface area contributed by atoms with E-state index in [0.717, 1.165) is 11.1 Å². The first-order chi connectivity index (χ1) is 13.4. The van der Waals surface area contributed by atoms with Crippen molar-refractivity contribution in [2.24, 2.45) is 0 Å². The fourth-order valence-corrected chi connectivity index (χ4v) is 2.87. The molecule has 0 saturated carbocycles. The molecule has 146 valence electrons. The number of aryl methyl sites for hydroxylation is 1. The van der Waals surface area contributed by atoms with Crippen molar-refractivity contribution in [1.29, 1.82) is 0 Å². The lowest BCUT2D eigenvalue weighted by molar-refractivity contribution is -0.140.